The monoisotopic (exact) mass is 198 g/mol. The minimum absolute atomic E-state index is 0.0763. The van der Waals surface area contributed by atoms with Gasteiger partial charge in [0.15, 0.2) is 0 Å². The molecule has 14 heavy (non-hydrogen) atoms. The molecule has 1 saturated carbocycles. The van der Waals surface area contributed by atoms with Crippen molar-refractivity contribution < 1.29 is 9.53 Å². The van der Waals surface area contributed by atoms with Crippen LogP contribution in [0.4, 0.5) is 0 Å². The van der Waals surface area contributed by atoms with Crippen molar-refractivity contribution in [1.29, 1.82) is 0 Å². The van der Waals surface area contributed by atoms with Gasteiger partial charge in [0.25, 0.3) is 0 Å². The van der Waals surface area contributed by atoms with E-state index in [1.807, 2.05) is 4.90 Å². The van der Waals surface area contributed by atoms with E-state index in [1.165, 1.54) is 12.8 Å². The Morgan fingerprint density at radius 1 is 1.50 bits per heavy atom. The molecule has 0 aromatic rings. The Balaban J connectivity index is 2.08. The number of carbonyl (C=O) groups is 1. The Kier molecular flexibility index (Phi) is 3.03. The normalized spacial score (nSPS) is 32.5. The van der Waals surface area contributed by atoms with Crippen LogP contribution in [-0.2, 0) is 9.53 Å². The third kappa shape index (κ3) is 1.77. The number of hydrogen-bond donors (Lipinski definition) is 1. The van der Waals surface area contributed by atoms with Crippen molar-refractivity contribution in [2.75, 3.05) is 26.3 Å². The second-order valence-electron chi connectivity index (χ2n) is 4.12. The molecule has 2 rings (SSSR count). The van der Waals surface area contributed by atoms with Crippen LogP contribution >= 0.6 is 0 Å². The lowest BCUT2D eigenvalue weighted by Gasteiger charge is -2.29. The fourth-order valence-electron chi connectivity index (χ4n) is 2.61. The van der Waals surface area contributed by atoms with Crippen LogP contribution in [0.25, 0.3) is 0 Å². The maximum absolute atomic E-state index is 11.6. The van der Waals surface area contributed by atoms with Crippen molar-refractivity contribution in [3.63, 3.8) is 0 Å². The molecule has 0 unspecified atom stereocenters. The number of ether oxygens (including phenoxy) is 1. The summed E-state index contributed by atoms with van der Waals surface area (Å²) >= 11 is 0. The van der Waals surface area contributed by atoms with Crippen molar-refractivity contribution in [3.8, 4) is 0 Å². The summed E-state index contributed by atoms with van der Waals surface area (Å²) in [7, 11) is 0. The van der Waals surface area contributed by atoms with Crippen molar-refractivity contribution >= 4 is 5.91 Å². The fraction of sp³-hybridized carbons (Fsp3) is 0.900. The summed E-state index contributed by atoms with van der Waals surface area (Å²) in [5.41, 5.74) is 5.40. The van der Waals surface area contributed by atoms with Gasteiger partial charge in [-0.15, -0.1) is 0 Å². The maximum atomic E-state index is 11.6. The molecule has 1 amide bonds. The summed E-state index contributed by atoms with van der Waals surface area (Å²) in [5, 5.41) is 0. The SMILES string of the molecule is NCC(=O)N1CCOC[C@@H]2CCC[C@@H]21. The molecule has 80 valence electrons. The van der Waals surface area contributed by atoms with Crippen LogP contribution in [0.3, 0.4) is 0 Å². The zero-order valence-corrected chi connectivity index (χ0v) is 8.45. The van der Waals surface area contributed by atoms with Crippen LogP contribution in [0.1, 0.15) is 19.3 Å². The number of hydrogen-bond acceptors (Lipinski definition) is 3. The van der Waals surface area contributed by atoms with Gasteiger partial charge < -0.3 is 15.4 Å². The number of nitrogens with zero attached hydrogens (tertiary/aromatic N) is 1. The molecular formula is C10H18N2O2. The Morgan fingerprint density at radius 3 is 3.14 bits per heavy atom. The first kappa shape index (κ1) is 9.93. The zero-order chi connectivity index (χ0) is 9.97. The molecule has 0 spiro atoms. The standard InChI is InChI=1S/C10H18N2O2/c11-6-10(13)12-4-5-14-7-8-2-1-3-9(8)12/h8-9H,1-7,11H2/t8-,9-/m0/s1. The first-order valence-electron chi connectivity index (χ1n) is 5.40. The summed E-state index contributed by atoms with van der Waals surface area (Å²) in [6.07, 6.45) is 3.53. The van der Waals surface area contributed by atoms with E-state index in [2.05, 4.69) is 0 Å². The van der Waals surface area contributed by atoms with Crippen molar-refractivity contribution in [1.82, 2.24) is 4.90 Å². The molecule has 2 aliphatic rings. The minimum Gasteiger partial charge on any atom is -0.379 e. The molecule has 0 aromatic heterocycles. The second-order valence-corrected chi connectivity index (χ2v) is 4.12. The van der Waals surface area contributed by atoms with Gasteiger partial charge in [0, 0.05) is 18.5 Å². The molecule has 0 aromatic carbocycles. The largest absolute Gasteiger partial charge is 0.379 e. The summed E-state index contributed by atoms with van der Waals surface area (Å²) in [4.78, 5) is 13.5. The Bertz CT molecular complexity index is 220. The molecule has 4 nitrogen and oxygen atoms in total. The average Bonchev–Trinajstić information content (AvgIpc) is 2.57. The number of nitrogens with two attached hydrogens (primary N) is 1. The van der Waals surface area contributed by atoms with E-state index in [0.717, 1.165) is 19.6 Å². The van der Waals surface area contributed by atoms with E-state index in [-0.39, 0.29) is 12.5 Å². The maximum Gasteiger partial charge on any atom is 0.236 e. The molecule has 1 saturated heterocycles. The third-order valence-electron chi connectivity index (χ3n) is 3.32. The Morgan fingerprint density at radius 2 is 2.36 bits per heavy atom. The lowest BCUT2D eigenvalue weighted by Crippen LogP contribution is -2.45. The number of fused-ring (bicyclic) bond motifs is 1. The smallest absolute Gasteiger partial charge is 0.236 e. The zero-order valence-electron chi connectivity index (χ0n) is 8.45. The van der Waals surface area contributed by atoms with Crippen LogP contribution in [0.5, 0.6) is 0 Å². The van der Waals surface area contributed by atoms with Gasteiger partial charge in [-0.05, 0) is 12.8 Å². The predicted octanol–water partition coefficient (Wildman–Crippen LogP) is -0.0274. The van der Waals surface area contributed by atoms with Crippen LogP contribution in [0.15, 0.2) is 0 Å². The number of carbonyl (C=O) groups excluding carboxylic acids is 1. The lowest BCUT2D eigenvalue weighted by molar-refractivity contribution is -0.132. The summed E-state index contributed by atoms with van der Waals surface area (Å²) < 4.78 is 5.50. The molecule has 1 aliphatic carbocycles. The van der Waals surface area contributed by atoms with Crippen LogP contribution in [0.2, 0.25) is 0 Å². The summed E-state index contributed by atoms with van der Waals surface area (Å²) in [6.45, 7) is 2.33. The molecule has 2 N–H and O–H groups in total. The van der Waals surface area contributed by atoms with Gasteiger partial charge >= 0.3 is 0 Å². The molecule has 1 heterocycles. The van der Waals surface area contributed by atoms with Gasteiger partial charge in [-0.2, -0.15) is 0 Å². The van der Waals surface area contributed by atoms with Gasteiger partial charge in [0.1, 0.15) is 0 Å². The minimum atomic E-state index is 0.0763. The Labute approximate surface area is 84.4 Å². The van der Waals surface area contributed by atoms with E-state index in [9.17, 15) is 4.79 Å². The first-order chi connectivity index (χ1) is 6.83. The van der Waals surface area contributed by atoms with E-state index < -0.39 is 0 Å². The molecule has 4 heteroatoms. The van der Waals surface area contributed by atoms with Crippen molar-refractivity contribution in [2.45, 2.75) is 25.3 Å². The van der Waals surface area contributed by atoms with Crippen LogP contribution < -0.4 is 5.73 Å². The third-order valence-corrected chi connectivity index (χ3v) is 3.32. The molecule has 0 radical (unpaired) electrons. The van der Waals surface area contributed by atoms with E-state index >= 15 is 0 Å². The Hall–Kier alpha value is -0.610. The van der Waals surface area contributed by atoms with Gasteiger partial charge in [-0.25, -0.2) is 0 Å². The van der Waals surface area contributed by atoms with Gasteiger partial charge in [-0.3, -0.25) is 4.79 Å². The van der Waals surface area contributed by atoms with Crippen molar-refractivity contribution in [2.24, 2.45) is 11.7 Å². The number of rotatable bonds is 1. The average molecular weight is 198 g/mol. The highest BCUT2D eigenvalue weighted by molar-refractivity contribution is 5.78. The molecule has 1 aliphatic heterocycles. The van der Waals surface area contributed by atoms with E-state index in [4.69, 9.17) is 10.5 Å². The molecular weight excluding hydrogens is 180 g/mol. The van der Waals surface area contributed by atoms with E-state index in [0.29, 0.717) is 18.6 Å². The number of amides is 1. The quantitative estimate of drug-likeness (QED) is 0.644. The highest BCUT2D eigenvalue weighted by Gasteiger charge is 2.35. The highest BCUT2D eigenvalue weighted by Crippen LogP contribution is 2.31. The van der Waals surface area contributed by atoms with E-state index in [1.54, 1.807) is 0 Å². The van der Waals surface area contributed by atoms with Gasteiger partial charge in [-0.1, -0.05) is 6.42 Å². The second kappa shape index (κ2) is 4.28. The van der Waals surface area contributed by atoms with Gasteiger partial charge in [0.05, 0.1) is 19.8 Å². The topological polar surface area (TPSA) is 55.6 Å². The van der Waals surface area contributed by atoms with Crippen molar-refractivity contribution in [3.05, 3.63) is 0 Å². The van der Waals surface area contributed by atoms with Gasteiger partial charge in [0.2, 0.25) is 5.91 Å². The van der Waals surface area contributed by atoms with Crippen LogP contribution in [-0.4, -0.2) is 43.2 Å². The molecule has 0 bridgehead atoms. The van der Waals surface area contributed by atoms with Crippen LogP contribution in [0, 0.1) is 5.92 Å². The lowest BCUT2D eigenvalue weighted by atomic mass is 10.0. The summed E-state index contributed by atoms with van der Waals surface area (Å²) in [5.74, 6) is 0.625. The summed E-state index contributed by atoms with van der Waals surface area (Å²) in [6, 6.07) is 0.397. The molecule has 2 fully saturated rings. The molecule has 2 atom stereocenters. The fourth-order valence-corrected chi connectivity index (χ4v) is 2.61. The predicted molar refractivity (Wildman–Crippen MR) is 52.7 cm³/mol. The highest BCUT2D eigenvalue weighted by atomic mass is 16.5. The first-order valence-corrected chi connectivity index (χ1v) is 5.40.